The molecular weight excluding hydrogens is 348 g/mol. The molecule has 0 N–H and O–H groups in total. The molecule has 1 amide bonds. The van der Waals surface area contributed by atoms with E-state index in [1.165, 1.54) is 25.5 Å². The Morgan fingerprint density at radius 2 is 1.96 bits per heavy atom. The van der Waals surface area contributed by atoms with Crippen molar-refractivity contribution in [3.8, 4) is 0 Å². The summed E-state index contributed by atoms with van der Waals surface area (Å²) in [5.74, 6) is -1.05. The van der Waals surface area contributed by atoms with Gasteiger partial charge < -0.3 is 9.64 Å². The number of halogens is 1. The van der Waals surface area contributed by atoms with E-state index >= 15 is 0 Å². The second-order valence-electron chi connectivity index (χ2n) is 6.21. The van der Waals surface area contributed by atoms with Crippen LogP contribution in [0.25, 0.3) is 0 Å². The first kappa shape index (κ1) is 19.2. The van der Waals surface area contributed by atoms with Crippen molar-refractivity contribution >= 4 is 29.2 Å². The van der Waals surface area contributed by atoms with Crippen LogP contribution in [0.3, 0.4) is 0 Å². The molecule has 1 saturated carbocycles. The van der Waals surface area contributed by atoms with Crippen molar-refractivity contribution < 1.29 is 19.2 Å². The predicted octanol–water partition coefficient (Wildman–Crippen LogP) is 3.58. The van der Waals surface area contributed by atoms with Gasteiger partial charge in [0.25, 0.3) is 11.6 Å². The molecule has 0 unspecified atom stereocenters. The lowest BCUT2D eigenvalue weighted by atomic mass is 9.94. The molecule has 0 aliphatic heterocycles. The van der Waals surface area contributed by atoms with Gasteiger partial charge >= 0.3 is 5.97 Å². The number of amides is 1. The van der Waals surface area contributed by atoms with Crippen LogP contribution in [-0.4, -0.2) is 40.9 Å². The van der Waals surface area contributed by atoms with Crippen LogP contribution in [0.4, 0.5) is 5.69 Å². The molecule has 0 bridgehead atoms. The summed E-state index contributed by atoms with van der Waals surface area (Å²) in [6.07, 6.45) is 4.32. The number of carbonyl (C=O) groups is 2. The second kappa shape index (κ2) is 8.29. The summed E-state index contributed by atoms with van der Waals surface area (Å²) in [5, 5.41) is 10.6. The summed E-state index contributed by atoms with van der Waals surface area (Å²) in [7, 11) is 1.72. The van der Waals surface area contributed by atoms with Crippen LogP contribution in [0, 0.1) is 10.1 Å². The molecule has 0 saturated heterocycles. The molecule has 0 aromatic heterocycles. The SMILES string of the molecule is C[C@@H](OC(=O)c1ccc([N+](=O)[O-])cc1Cl)C(=O)N(C)C1CCCCC1. The number of rotatable bonds is 5. The van der Waals surface area contributed by atoms with E-state index in [1.54, 1.807) is 11.9 Å². The Morgan fingerprint density at radius 3 is 2.52 bits per heavy atom. The molecule has 2 rings (SSSR count). The van der Waals surface area contributed by atoms with Gasteiger partial charge in [0.1, 0.15) is 0 Å². The molecule has 0 heterocycles. The largest absolute Gasteiger partial charge is 0.449 e. The molecule has 136 valence electrons. The van der Waals surface area contributed by atoms with E-state index in [0.29, 0.717) is 0 Å². The number of nitrogens with zero attached hydrogens (tertiary/aromatic N) is 2. The van der Waals surface area contributed by atoms with Gasteiger partial charge in [0.05, 0.1) is 15.5 Å². The topological polar surface area (TPSA) is 89.7 Å². The fraction of sp³-hybridized carbons (Fsp3) is 0.529. The Bertz CT molecular complexity index is 673. The van der Waals surface area contributed by atoms with Crippen molar-refractivity contribution in [1.29, 1.82) is 0 Å². The van der Waals surface area contributed by atoms with E-state index in [0.717, 1.165) is 31.7 Å². The molecule has 1 fully saturated rings. The molecule has 1 aromatic rings. The smallest absolute Gasteiger partial charge is 0.340 e. The minimum absolute atomic E-state index is 0.00719. The van der Waals surface area contributed by atoms with Crippen LogP contribution >= 0.6 is 11.6 Å². The van der Waals surface area contributed by atoms with Crippen LogP contribution in [0.15, 0.2) is 18.2 Å². The van der Waals surface area contributed by atoms with E-state index in [-0.39, 0.29) is 28.2 Å². The van der Waals surface area contributed by atoms with E-state index in [9.17, 15) is 19.7 Å². The van der Waals surface area contributed by atoms with E-state index in [1.807, 2.05) is 0 Å². The molecule has 0 spiro atoms. The number of esters is 1. The van der Waals surface area contributed by atoms with Gasteiger partial charge in [-0.3, -0.25) is 14.9 Å². The standard InChI is InChI=1S/C17H21ClN2O5/c1-11(16(21)19(2)12-6-4-3-5-7-12)25-17(22)14-9-8-13(20(23)24)10-15(14)18/h8-12H,3-7H2,1-2H3/t11-/m1/s1. The minimum Gasteiger partial charge on any atom is -0.449 e. The summed E-state index contributed by atoms with van der Waals surface area (Å²) >= 11 is 5.92. The monoisotopic (exact) mass is 368 g/mol. The van der Waals surface area contributed by atoms with Crippen LogP contribution in [-0.2, 0) is 9.53 Å². The Hall–Kier alpha value is -2.15. The summed E-state index contributed by atoms with van der Waals surface area (Å²) in [4.78, 5) is 36.4. The Balaban J connectivity index is 2.01. The number of nitro groups is 1. The van der Waals surface area contributed by atoms with Crippen molar-refractivity contribution in [1.82, 2.24) is 4.90 Å². The van der Waals surface area contributed by atoms with Crippen LogP contribution in [0.5, 0.6) is 0 Å². The third-order valence-corrected chi connectivity index (χ3v) is 4.80. The lowest BCUT2D eigenvalue weighted by Crippen LogP contribution is -2.44. The zero-order chi connectivity index (χ0) is 18.6. The Kier molecular flexibility index (Phi) is 6.36. The fourth-order valence-electron chi connectivity index (χ4n) is 2.99. The molecule has 1 aliphatic rings. The van der Waals surface area contributed by atoms with Gasteiger partial charge in [-0.1, -0.05) is 30.9 Å². The normalized spacial score (nSPS) is 16.1. The third kappa shape index (κ3) is 4.69. The second-order valence-corrected chi connectivity index (χ2v) is 6.62. The first-order valence-corrected chi connectivity index (χ1v) is 8.60. The highest BCUT2D eigenvalue weighted by atomic mass is 35.5. The predicted molar refractivity (Wildman–Crippen MR) is 92.6 cm³/mol. The average molecular weight is 369 g/mol. The van der Waals surface area contributed by atoms with Gasteiger partial charge in [-0.25, -0.2) is 4.79 Å². The van der Waals surface area contributed by atoms with Crippen molar-refractivity contribution in [2.75, 3.05) is 7.05 Å². The minimum atomic E-state index is -0.953. The maximum absolute atomic E-state index is 12.5. The maximum Gasteiger partial charge on any atom is 0.340 e. The summed E-state index contributed by atoms with van der Waals surface area (Å²) in [6, 6.07) is 3.65. The third-order valence-electron chi connectivity index (χ3n) is 4.49. The number of carbonyl (C=O) groups excluding carboxylic acids is 2. The van der Waals surface area contributed by atoms with Crippen LogP contribution in [0.1, 0.15) is 49.4 Å². The molecule has 0 radical (unpaired) electrons. The fourth-order valence-corrected chi connectivity index (χ4v) is 3.24. The van der Waals surface area contributed by atoms with Gasteiger partial charge in [0.15, 0.2) is 6.10 Å². The quantitative estimate of drug-likeness (QED) is 0.450. The number of nitro benzene ring substituents is 1. The highest BCUT2D eigenvalue weighted by Gasteiger charge is 2.28. The van der Waals surface area contributed by atoms with E-state index in [4.69, 9.17) is 16.3 Å². The first-order valence-electron chi connectivity index (χ1n) is 8.23. The summed E-state index contributed by atoms with van der Waals surface area (Å²) < 4.78 is 5.21. The number of hydrogen-bond acceptors (Lipinski definition) is 5. The van der Waals surface area contributed by atoms with Gasteiger partial charge in [-0.2, -0.15) is 0 Å². The molecule has 25 heavy (non-hydrogen) atoms. The van der Waals surface area contributed by atoms with Crippen LogP contribution in [0.2, 0.25) is 5.02 Å². The number of benzene rings is 1. The molecule has 7 nitrogen and oxygen atoms in total. The lowest BCUT2D eigenvalue weighted by molar-refractivity contribution is -0.384. The zero-order valence-electron chi connectivity index (χ0n) is 14.2. The van der Waals surface area contributed by atoms with Crippen molar-refractivity contribution in [2.45, 2.75) is 51.2 Å². The van der Waals surface area contributed by atoms with Crippen LogP contribution < -0.4 is 0 Å². The lowest BCUT2D eigenvalue weighted by Gasteiger charge is -2.32. The number of ether oxygens (including phenoxy) is 1. The summed E-state index contributed by atoms with van der Waals surface area (Å²) in [6.45, 7) is 1.51. The molecular formula is C17H21ClN2O5. The number of likely N-dealkylation sites (N-methyl/N-ethyl adjacent to an activating group) is 1. The van der Waals surface area contributed by atoms with Crippen molar-refractivity contribution in [3.63, 3.8) is 0 Å². The average Bonchev–Trinajstić information content (AvgIpc) is 2.60. The maximum atomic E-state index is 12.5. The molecule has 1 atom stereocenters. The van der Waals surface area contributed by atoms with Gasteiger partial charge in [0, 0.05) is 25.2 Å². The van der Waals surface area contributed by atoms with Gasteiger partial charge in [-0.15, -0.1) is 0 Å². The highest BCUT2D eigenvalue weighted by molar-refractivity contribution is 6.33. The Labute approximate surface area is 151 Å². The summed E-state index contributed by atoms with van der Waals surface area (Å²) in [5.41, 5.74) is -0.227. The number of non-ortho nitro benzene ring substituents is 1. The Morgan fingerprint density at radius 1 is 1.32 bits per heavy atom. The molecule has 1 aromatic carbocycles. The van der Waals surface area contributed by atoms with Gasteiger partial charge in [0.2, 0.25) is 0 Å². The van der Waals surface area contributed by atoms with Gasteiger partial charge in [-0.05, 0) is 25.8 Å². The van der Waals surface area contributed by atoms with E-state index in [2.05, 4.69) is 0 Å². The van der Waals surface area contributed by atoms with Crippen molar-refractivity contribution in [2.24, 2.45) is 0 Å². The van der Waals surface area contributed by atoms with Crippen molar-refractivity contribution in [3.05, 3.63) is 38.9 Å². The molecule has 8 heteroatoms. The van der Waals surface area contributed by atoms with E-state index < -0.39 is 17.0 Å². The highest BCUT2D eigenvalue weighted by Crippen LogP contribution is 2.25. The first-order chi connectivity index (χ1) is 11.8. The number of hydrogen-bond donors (Lipinski definition) is 0. The molecule has 1 aliphatic carbocycles. The zero-order valence-corrected chi connectivity index (χ0v) is 15.0.